The maximum atomic E-state index is 11.4. The number of aliphatic hydroxyl groups excluding tert-OH is 2. The zero-order chi connectivity index (χ0) is 10.4. The summed E-state index contributed by atoms with van der Waals surface area (Å²) < 4.78 is 11.4. The van der Waals surface area contributed by atoms with Crippen LogP contribution < -0.4 is 0 Å². The quantitative estimate of drug-likeness (QED) is 0.740. The fraction of sp³-hybridized carbons (Fsp3) is 0.400. The Kier molecular flexibility index (Phi) is 4.79. The van der Waals surface area contributed by atoms with Crippen LogP contribution in [0.15, 0.2) is 30.3 Å². The molecule has 0 saturated heterocycles. The number of aliphatic hydroxyl groups is 2. The van der Waals surface area contributed by atoms with E-state index >= 15 is 0 Å². The normalized spacial score (nSPS) is 15.0. The molecule has 2 N–H and O–H groups in total. The highest BCUT2D eigenvalue weighted by Gasteiger charge is 2.08. The largest absolute Gasteiger partial charge is 0.394 e. The first-order valence-electron chi connectivity index (χ1n) is 4.40. The van der Waals surface area contributed by atoms with Crippen LogP contribution in [0.3, 0.4) is 0 Å². The lowest BCUT2D eigenvalue weighted by molar-refractivity contribution is 0.113. The lowest BCUT2D eigenvalue weighted by Crippen LogP contribution is -2.21. The smallest absolute Gasteiger partial charge is 0.0885 e. The topological polar surface area (TPSA) is 57.5 Å². The molecular formula is C10H14O3S. The molecular weight excluding hydrogens is 200 g/mol. The van der Waals surface area contributed by atoms with Gasteiger partial charge in [0.25, 0.3) is 0 Å². The monoisotopic (exact) mass is 214 g/mol. The van der Waals surface area contributed by atoms with E-state index in [4.69, 9.17) is 10.2 Å². The van der Waals surface area contributed by atoms with Gasteiger partial charge in [-0.2, -0.15) is 0 Å². The van der Waals surface area contributed by atoms with Crippen molar-refractivity contribution in [1.82, 2.24) is 0 Å². The van der Waals surface area contributed by atoms with Crippen molar-refractivity contribution < 1.29 is 14.4 Å². The molecule has 0 aliphatic heterocycles. The summed E-state index contributed by atoms with van der Waals surface area (Å²) in [4.78, 5) is 0. The van der Waals surface area contributed by atoms with Gasteiger partial charge in [0.1, 0.15) is 0 Å². The molecule has 0 aliphatic rings. The molecule has 0 bridgehead atoms. The summed E-state index contributed by atoms with van der Waals surface area (Å²) in [5.74, 6) is 0.559. The molecule has 1 aromatic carbocycles. The molecule has 2 atom stereocenters. The summed E-state index contributed by atoms with van der Waals surface area (Å²) in [6.07, 6.45) is -0.875. The van der Waals surface area contributed by atoms with Gasteiger partial charge in [-0.3, -0.25) is 4.21 Å². The van der Waals surface area contributed by atoms with Gasteiger partial charge in [-0.05, 0) is 5.56 Å². The Labute approximate surface area is 85.9 Å². The number of rotatable bonds is 5. The highest BCUT2D eigenvalue weighted by molar-refractivity contribution is 7.84. The highest BCUT2D eigenvalue weighted by Crippen LogP contribution is 2.03. The summed E-state index contributed by atoms with van der Waals surface area (Å²) in [5.41, 5.74) is 0.982. The van der Waals surface area contributed by atoms with E-state index in [0.29, 0.717) is 5.75 Å². The molecule has 1 aromatic rings. The molecule has 0 radical (unpaired) electrons. The zero-order valence-electron chi connectivity index (χ0n) is 7.80. The lowest BCUT2D eigenvalue weighted by atomic mass is 10.2. The third-order valence-corrected chi connectivity index (χ3v) is 3.17. The van der Waals surface area contributed by atoms with Crippen LogP contribution in [0.5, 0.6) is 0 Å². The van der Waals surface area contributed by atoms with Crippen LogP contribution in [-0.4, -0.2) is 32.9 Å². The fourth-order valence-corrected chi connectivity index (χ4v) is 2.30. The van der Waals surface area contributed by atoms with Gasteiger partial charge < -0.3 is 10.2 Å². The van der Waals surface area contributed by atoms with Crippen molar-refractivity contribution >= 4 is 10.8 Å². The summed E-state index contributed by atoms with van der Waals surface area (Å²) in [6.45, 7) is -0.333. The molecule has 0 spiro atoms. The van der Waals surface area contributed by atoms with Crippen molar-refractivity contribution in [1.29, 1.82) is 0 Å². The van der Waals surface area contributed by atoms with Gasteiger partial charge in [0.15, 0.2) is 0 Å². The van der Waals surface area contributed by atoms with Gasteiger partial charge in [0.05, 0.1) is 18.5 Å². The minimum Gasteiger partial charge on any atom is -0.394 e. The lowest BCUT2D eigenvalue weighted by Gasteiger charge is -2.06. The maximum absolute atomic E-state index is 11.4. The summed E-state index contributed by atoms with van der Waals surface area (Å²) in [5, 5.41) is 17.6. The van der Waals surface area contributed by atoms with Gasteiger partial charge in [-0.25, -0.2) is 0 Å². The van der Waals surface area contributed by atoms with Crippen LogP contribution in [0.25, 0.3) is 0 Å². The standard InChI is InChI=1S/C10H14O3S/c11-6-10(12)8-14(13)7-9-4-2-1-3-5-9/h1-5,10-12H,6-8H2/t10-,14+/m0/s1. The first kappa shape index (κ1) is 11.4. The second-order valence-corrected chi connectivity index (χ2v) is 4.57. The van der Waals surface area contributed by atoms with Crippen LogP contribution in [0.4, 0.5) is 0 Å². The Balaban J connectivity index is 2.42. The highest BCUT2D eigenvalue weighted by atomic mass is 32.2. The predicted octanol–water partition coefficient (Wildman–Crippen LogP) is 0.289. The van der Waals surface area contributed by atoms with E-state index in [0.717, 1.165) is 5.56 Å². The van der Waals surface area contributed by atoms with E-state index in [1.165, 1.54) is 0 Å². The van der Waals surface area contributed by atoms with Crippen molar-refractivity contribution in [2.24, 2.45) is 0 Å². The molecule has 4 heteroatoms. The minimum atomic E-state index is -1.11. The minimum absolute atomic E-state index is 0.130. The van der Waals surface area contributed by atoms with Crippen molar-refractivity contribution in [3.8, 4) is 0 Å². The summed E-state index contributed by atoms with van der Waals surface area (Å²) in [7, 11) is -1.11. The first-order chi connectivity index (χ1) is 6.72. The Morgan fingerprint density at radius 3 is 2.50 bits per heavy atom. The molecule has 0 saturated carbocycles. The molecule has 0 aromatic heterocycles. The molecule has 0 amide bonds. The fourth-order valence-electron chi connectivity index (χ4n) is 1.09. The van der Waals surface area contributed by atoms with Crippen molar-refractivity contribution in [2.45, 2.75) is 11.9 Å². The van der Waals surface area contributed by atoms with Crippen molar-refractivity contribution in [3.63, 3.8) is 0 Å². The van der Waals surface area contributed by atoms with E-state index in [9.17, 15) is 4.21 Å². The van der Waals surface area contributed by atoms with Crippen LogP contribution >= 0.6 is 0 Å². The SMILES string of the molecule is O=[S@](Cc1ccccc1)C[C@@H](O)CO. The third kappa shape index (κ3) is 4.00. The number of hydrogen-bond donors (Lipinski definition) is 2. The first-order valence-corrected chi connectivity index (χ1v) is 5.89. The second kappa shape index (κ2) is 5.90. The van der Waals surface area contributed by atoms with E-state index in [1.54, 1.807) is 0 Å². The van der Waals surface area contributed by atoms with Gasteiger partial charge >= 0.3 is 0 Å². The average Bonchev–Trinajstić information content (AvgIpc) is 2.19. The molecule has 0 unspecified atom stereocenters. The molecule has 0 aliphatic carbocycles. The van der Waals surface area contributed by atoms with Gasteiger partial charge in [-0.1, -0.05) is 30.3 Å². The van der Waals surface area contributed by atoms with E-state index in [2.05, 4.69) is 0 Å². The van der Waals surface area contributed by atoms with Crippen LogP contribution in [-0.2, 0) is 16.6 Å². The van der Waals surface area contributed by atoms with Crippen LogP contribution in [0, 0.1) is 0 Å². The summed E-state index contributed by atoms with van der Waals surface area (Å²) >= 11 is 0. The maximum Gasteiger partial charge on any atom is 0.0885 e. The second-order valence-electron chi connectivity index (χ2n) is 3.07. The number of benzene rings is 1. The molecule has 0 heterocycles. The van der Waals surface area contributed by atoms with Crippen molar-refractivity contribution in [3.05, 3.63) is 35.9 Å². The Hall–Kier alpha value is -0.710. The van der Waals surface area contributed by atoms with Gasteiger partial charge in [0, 0.05) is 16.6 Å². The van der Waals surface area contributed by atoms with Gasteiger partial charge in [0.2, 0.25) is 0 Å². The summed E-state index contributed by atoms with van der Waals surface area (Å²) in [6, 6.07) is 9.45. The molecule has 1 rings (SSSR count). The molecule has 3 nitrogen and oxygen atoms in total. The molecule has 0 fully saturated rings. The van der Waals surface area contributed by atoms with Gasteiger partial charge in [-0.15, -0.1) is 0 Å². The molecule has 14 heavy (non-hydrogen) atoms. The Morgan fingerprint density at radius 2 is 1.93 bits per heavy atom. The number of hydrogen-bond acceptors (Lipinski definition) is 3. The third-order valence-electron chi connectivity index (χ3n) is 1.76. The van der Waals surface area contributed by atoms with Crippen LogP contribution in [0.1, 0.15) is 5.56 Å². The predicted molar refractivity (Wildman–Crippen MR) is 56.2 cm³/mol. The molecule has 78 valence electrons. The Morgan fingerprint density at radius 1 is 1.29 bits per heavy atom. The van der Waals surface area contributed by atoms with E-state index < -0.39 is 16.9 Å². The van der Waals surface area contributed by atoms with Crippen LogP contribution in [0.2, 0.25) is 0 Å². The van der Waals surface area contributed by atoms with E-state index in [-0.39, 0.29) is 12.4 Å². The van der Waals surface area contributed by atoms with E-state index in [1.807, 2.05) is 30.3 Å². The average molecular weight is 214 g/mol. The Bertz CT molecular complexity index is 287. The van der Waals surface area contributed by atoms with Crippen molar-refractivity contribution in [2.75, 3.05) is 12.4 Å². The zero-order valence-corrected chi connectivity index (χ0v) is 8.61.